The van der Waals surface area contributed by atoms with Crippen molar-refractivity contribution < 1.29 is 9.90 Å². The largest absolute Gasteiger partial charge is 0.391 e. The van der Waals surface area contributed by atoms with Crippen molar-refractivity contribution in [3.8, 4) is 0 Å². The smallest absolute Gasteiger partial charge is 0.254 e. The molecule has 1 aromatic rings. The van der Waals surface area contributed by atoms with Crippen LogP contribution >= 0.6 is 23.2 Å². The summed E-state index contributed by atoms with van der Waals surface area (Å²) < 4.78 is 0. The molecule has 0 aliphatic heterocycles. The van der Waals surface area contributed by atoms with E-state index in [2.05, 4.69) is 10.3 Å². The third kappa shape index (κ3) is 4.80. The van der Waals surface area contributed by atoms with Crippen LogP contribution in [0.5, 0.6) is 0 Å². The number of aromatic nitrogens is 1. The van der Waals surface area contributed by atoms with E-state index in [1.807, 2.05) is 13.8 Å². The second kappa shape index (κ2) is 6.92. The number of nitrogens with one attached hydrogen (secondary N) is 1. The van der Waals surface area contributed by atoms with Crippen molar-refractivity contribution >= 4 is 29.1 Å². The fraction of sp³-hybridized carbons (Fsp3) is 0.500. The first-order valence-corrected chi connectivity index (χ1v) is 6.44. The van der Waals surface area contributed by atoms with Gasteiger partial charge in [-0.05, 0) is 24.5 Å². The number of carbonyl (C=O) groups is 1. The zero-order valence-corrected chi connectivity index (χ0v) is 11.8. The average molecular weight is 291 g/mol. The molecule has 1 unspecified atom stereocenters. The third-order valence-corrected chi connectivity index (χ3v) is 2.80. The molecule has 2 N–H and O–H groups in total. The minimum atomic E-state index is -0.562. The highest BCUT2D eigenvalue weighted by Gasteiger charge is 2.14. The minimum absolute atomic E-state index is 0.0540. The summed E-state index contributed by atoms with van der Waals surface area (Å²) in [6.45, 7) is 4.20. The molecular weight excluding hydrogens is 275 g/mol. The number of pyridine rings is 1. The number of hydrogen-bond acceptors (Lipinski definition) is 3. The van der Waals surface area contributed by atoms with Crippen LogP contribution in [0.15, 0.2) is 12.1 Å². The summed E-state index contributed by atoms with van der Waals surface area (Å²) in [6.07, 6.45) is 0.0698. The summed E-state index contributed by atoms with van der Waals surface area (Å²) in [6, 6.07) is 2.99. The van der Waals surface area contributed by atoms with Crippen LogP contribution in [-0.4, -0.2) is 28.6 Å². The number of amides is 1. The first kappa shape index (κ1) is 15.2. The molecule has 100 valence electrons. The highest BCUT2D eigenvalue weighted by molar-refractivity contribution is 6.34. The normalized spacial score (nSPS) is 12.6. The molecule has 0 radical (unpaired) electrons. The van der Waals surface area contributed by atoms with Gasteiger partial charge in [-0.1, -0.05) is 37.0 Å². The monoisotopic (exact) mass is 290 g/mol. The molecule has 0 aromatic carbocycles. The van der Waals surface area contributed by atoms with Gasteiger partial charge in [-0.3, -0.25) is 4.79 Å². The molecule has 0 saturated carbocycles. The van der Waals surface area contributed by atoms with Gasteiger partial charge in [-0.15, -0.1) is 0 Å². The lowest BCUT2D eigenvalue weighted by molar-refractivity contribution is 0.0900. The number of aliphatic hydroxyl groups excluding tert-OH is 1. The van der Waals surface area contributed by atoms with Crippen LogP contribution in [0.1, 0.15) is 30.6 Å². The van der Waals surface area contributed by atoms with Crippen molar-refractivity contribution in [2.75, 3.05) is 6.54 Å². The lowest BCUT2D eigenvalue weighted by Crippen LogP contribution is -2.33. The number of carbonyl (C=O) groups excluding carboxylic acids is 1. The predicted octanol–water partition coefficient (Wildman–Crippen LogP) is 2.53. The van der Waals surface area contributed by atoms with Gasteiger partial charge in [0.25, 0.3) is 5.91 Å². The van der Waals surface area contributed by atoms with Gasteiger partial charge in [0.05, 0.1) is 11.7 Å². The van der Waals surface area contributed by atoms with Crippen LogP contribution < -0.4 is 5.32 Å². The second-order valence-electron chi connectivity index (χ2n) is 4.47. The molecule has 18 heavy (non-hydrogen) atoms. The fourth-order valence-corrected chi connectivity index (χ4v) is 1.95. The fourth-order valence-electron chi connectivity index (χ4n) is 1.51. The average Bonchev–Trinajstić information content (AvgIpc) is 2.25. The standard InChI is InChI=1S/C12H16Cl2N2O2/c1-7(2)5-8(17)6-15-12(18)9-3-4-10(13)16-11(9)14/h3-4,7-8,17H,5-6H2,1-2H3,(H,15,18). The molecule has 0 aliphatic rings. The van der Waals surface area contributed by atoms with E-state index in [1.54, 1.807) is 0 Å². The van der Waals surface area contributed by atoms with Crippen molar-refractivity contribution in [1.29, 1.82) is 0 Å². The minimum Gasteiger partial charge on any atom is -0.391 e. The predicted molar refractivity (Wildman–Crippen MR) is 72.1 cm³/mol. The first-order valence-electron chi connectivity index (χ1n) is 5.68. The van der Waals surface area contributed by atoms with Crippen molar-refractivity contribution in [2.45, 2.75) is 26.4 Å². The Morgan fingerprint density at radius 1 is 1.44 bits per heavy atom. The van der Waals surface area contributed by atoms with E-state index in [4.69, 9.17) is 23.2 Å². The molecular formula is C12H16Cl2N2O2. The Hall–Kier alpha value is -0.840. The van der Waals surface area contributed by atoms with Crippen LogP contribution in [0.25, 0.3) is 0 Å². The summed E-state index contributed by atoms with van der Waals surface area (Å²) >= 11 is 11.4. The summed E-state index contributed by atoms with van der Waals surface area (Å²) in [5, 5.41) is 12.5. The lowest BCUT2D eigenvalue weighted by atomic mass is 10.1. The summed E-state index contributed by atoms with van der Waals surface area (Å²) in [5.41, 5.74) is 0.248. The van der Waals surface area contributed by atoms with Gasteiger partial charge >= 0.3 is 0 Å². The quantitative estimate of drug-likeness (QED) is 0.819. The molecule has 1 rings (SSSR count). The molecule has 6 heteroatoms. The van der Waals surface area contributed by atoms with Gasteiger partial charge in [-0.2, -0.15) is 0 Å². The highest BCUT2D eigenvalue weighted by atomic mass is 35.5. The van der Waals surface area contributed by atoms with Crippen LogP contribution in [0.3, 0.4) is 0 Å². The van der Waals surface area contributed by atoms with Crippen LogP contribution in [-0.2, 0) is 0 Å². The molecule has 0 bridgehead atoms. The molecule has 0 fully saturated rings. The zero-order chi connectivity index (χ0) is 13.7. The Kier molecular flexibility index (Phi) is 5.85. The number of hydrogen-bond donors (Lipinski definition) is 2. The van der Waals surface area contributed by atoms with Gasteiger partial charge in [0.1, 0.15) is 10.3 Å². The van der Waals surface area contributed by atoms with E-state index >= 15 is 0 Å². The second-order valence-corrected chi connectivity index (χ2v) is 5.21. The lowest BCUT2D eigenvalue weighted by Gasteiger charge is -2.14. The van der Waals surface area contributed by atoms with E-state index in [0.717, 1.165) is 0 Å². The molecule has 1 aromatic heterocycles. The first-order chi connectivity index (χ1) is 8.40. The maximum absolute atomic E-state index is 11.8. The maximum Gasteiger partial charge on any atom is 0.254 e. The maximum atomic E-state index is 11.8. The van der Waals surface area contributed by atoms with Crippen LogP contribution in [0.2, 0.25) is 10.3 Å². The van der Waals surface area contributed by atoms with Crippen molar-refractivity contribution in [2.24, 2.45) is 5.92 Å². The van der Waals surface area contributed by atoms with Gasteiger partial charge in [0.15, 0.2) is 0 Å². The molecule has 0 saturated heterocycles. The van der Waals surface area contributed by atoms with E-state index in [-0.39, 0.29) is 28.3 Å². The third-order valence-electron chi connectivity index (χ3n) is 2.30. The Balaban J connectivity index is 2.55. The van der Waals surface area contributed by atoms with Crippen LogP contribution in [0, 0.1) is 5.92 Å². The van der Waals surface area contributed by atoms with E-state index < -0.39 is 6.10 Å². The summed E-state index contributed by atoms with van der Waals surface area (Å²) in [5.74, 6) is 0.00432. The van der Waals surface area contributed by atoms with Crippen LogP contribution in [0.4, 0.5) is 0 Å². The Morgan fingerprint density at radius 3 is 2.67 bits per heavy atom. The van der Waals surface area contributed by atoms with Crippen molar-refractivity contribution in [3.05, 3.63) is 28.0 Å². The number of nitrogens with zero attached hydrogens (tertiary/aromatic N) is 1. The molecule has 4 nitrogen and oxygen atoms in total. The number of aliphatic hydroxyl groups is 1. The van der Waals surface area contributed by atoms with Gasteiger partial charge in [0.2, 0.25) is 0 Å². The van der Waals surface area contributed by atoms with Gasteiger partial charge < -0.3 is 10.4 Å². The number of halogens is 2. The SMILES string of the molecule is CC(C)CC(O)CNC(=O)c1ccc(Cl)nc1Cl. The van der Waals surface area contributed by atoms with Crippen molar-refractivity contribution in [1.82, 2.24) is 10.3 Å². The Bertz CT molecular complexity index is 425. The Labute approximate surface area is 116 Å². The summed E-state index contributed by atoms with van der Waals surface area (Å²) in [4.78, 5) is 15.6. The molecule has 1 atom stereocenters. The van der Waals surface area contributed by atoms with Crippen molar-refractivity contribution in [3.63, 3.8) is 0 Å². The molecule has 1 amide bonds. The Morgan fingerprint density at radius 2 is 2.11 bits per heavy atom. The molecule has 1 heterocycles. The topological polar surface area (TPSA) is 62.2 Å². The molecule has 0 aliphatic carbocycles. The highest BCUT2D eigenvalue weighted by Crippen LogP contribution is 2.16. The van der Waals surface area contributed by atoms with E-state index in [0.29, 0.717) is 12.3 Å². The van der Waals surface area contributed by atoms with E-state index in [1.165, 1.54) is 12.1 Å². The summed E-state index contributed by atoms with van der Waals surface area (Å²) in [7, 11) is 0. The van der Waals surface area contributed by atoms with Gasteiger partial charge in [0, 0.05) is 6.54 Å². The number of rotatable bonds is 5. The molecule has 0 spiro atoms. The van der Waals surface area contributed by atoms with E-state index in [9.17, 15) is 9.90 Å². The zero-order valence-electron chi connectivity index (χ0n) is 10.3. The van der Waals surface area contributed by atoms with Gasteiger partial charge in [-0.25, -0.2) is 4.98 Å².